The molecule has 0 amide bonds. The lowest BCUT2D eigenvalue weighted by atomic mass is 10.1. The van der Waals surface area contributed by atoms with Crippen LogP contribution in [-0.4, -0.2) is 48.1 Å². The van der Waals surface area contributed by atoms with Crippen molar-refractivity contribution in [1.29, 1.82) is 0 Å². The van der Waals surface area contributed by atoms with Gasteiger partial charge in [-0.05, 0) is 36.4 Å². The van der Waals surface area contributed by atoms with Gasteiger partial charge in [-0.25, -0.2) is 8.96 Å². The SMILES string of the molecule is COc1ccc(-c2cn(SOON(C)C)c(C(=O)c3cccc(OC)c3)n2)cc1. The van der Waals surface area contributed by atoms with Crippen molar-refractivity contribution in [2.45, 2.75) is 0 Å². The first-order chi connectivity index (χ1) is 14.0. The van der Waals surface area contributed by atoms with Crippen molar-refractivity contribution >= 4 is 18.0 Å². The molecule has 0 N–H and O–H groups in total. The molecule has 9 heteroatoms. The molecular formula is C20H21N3O5S. The van der Waals surface area contributed by atoms with E-state index >= 15 is 0 Å². The van der Waals surface area contributed by atoms with Gasteiger partial charge >= 0.3 is 0 Å². The van der Waals surface area contributed by atoms with Gasteiger partial charge in [-0.1, -0.05) is 12.1 Å². The highest BCUT2D eigenvalue weighted by Crippen LogP contribution is 2.26. The first-order valence-electron chi connectivity index (χ1n) is 8.63. The fraction of sp³-hybridized carbons (Fsp3) is 0.200. The molecule has 1 heterocycles. The predicted molar refractivity (Wildman–Crippen MR) is 109 cm³/mol. The van der Waals surface area contributed by atoms with Gasteiger partial charge in [-0.15, -0.1) is 9.32 Å². The van der Waals surface area contributed by atoms with Gasteiger partial charge in [0.25, 0.3) is 0 Å². The van der Waals surface area contributed by atoms with Gasteiger partial charge in [0.2, 0.25) is 5.78 Å². The van der Waals surface area contributed by atoms with Crippen LogP contribution in [0.3, 0.4) is 0 Å². The van der Waals surface area contributed by atoms with Crippen molar-refractivity contribution in [2.75, 3.05) is 28.3 Å². The molecule has 0 aliphatic carbocycles. The lowest BCUT2D eigenvalue weighted by Crippen LogP contribution is -2.12. The lowest BCUT2D eigenvalue weighted by Gasteiger charge is -2.08. The highest BCUT2D eigenvalue weighted by Gasteiger charge is 2.20. The molecule has 152 valence electrons. The molecule has 0 atom stereocenters. The Morgan fingerprint density at radius 1 is 1.03 bits per heavy atom. The molecule has 0 bridgehead atoms. The summed E-state index contributed by atoms with van der Waals surface area (Å²) in [6, 6.07) is 14.3. The van der Waals surface area contributed by atoms with E-state index in [1.54, 1.807) is 58.8 Å². The fourth-order valence-corrected chi connectivity index (χ4v) is 3.03. The van der Waals surface area contributed by atoms with Crippen molar-refractivity contribution in [1.82, 2.24) is 14.0 Å². The van der Waals surface area contributed by atoms with Crippen molar-refractivity contribution in [3.8, 4) is 22.8 Å². The van der Waals surface area contributed by atoms with E-state index in [1.807, 2.05) is 24.3 Å². The highest BCUT2D eigenvalue weighted by molar-refractivity contribution is 7.93. The minimum Gasteiger partial charge on any atom is -0.497 e. The summed E-state index contributed by atoms with van der Waals surface area (Å²) in [6.07, 6.45) is 1.71. The summed E-state index contributed by atoms with van der Waals surface area (Å²) >= 11 is 0.845. The Hall–Kier alpha value is -2.85. The number of hydroxylamine groups is 2. The van der Waals surface area contributed by atoms with Gasteiger partial charge in [0.15, 0.2) is 18.1 Å². The van der Waals surface area contributed by atoms with Gasteiger partial charge in [0.1, 0.15) is 11.5 Å². The third-order valence-electron chi connectivity index (χ3n) is 3.89. The highest BCUT2D eigenvalue weighted by atomic mass is 32.2. The topological polar surface area (TPSA) is 75.1 Å². The van der Waals surface area contributed by atoms with Crippen molar-refractivity contribution < 1.29 is 23.6 Å². The van der Waals surface area contributed by atoms with E-state index < -0.39 is 0 Å². The van der Waals surface area contributed by atoms with Crippen LogP contribution >= 0.6 is 12.2 Å². The maximum Gasteiger partial charge on any atom is 0.229 e. The van der Waals surface area contributed by atoms with Crippen LogP contribution < -0.4 is 9.47 Å². The summed E-state index contributed by atoms with van der Waals surface area (Å²) in [5, 5.41) is 1.39. The van der Waals surface area contributed by atoms with Crippen LogP contribution in [0.15, 0.2) is 54.7 Å². The Morgan fingerprint density at radius 2 is 1.76 bits per heavy atom. The van der Waals surface area contributed by atoms with Crippen LogP contribution in [0.1, 0.15) is 16.2 Å². The third-order valence-corrected chi connectivity index (χ3v) is 4.45. The average Bonchev–Trinajstić information content (AvgIpc) is 3.17. The van der Waals surface area contributed by atoms with E-state index in [4.69, 9.17) is 18.8 Å². The molecule has 8 nitrogen and oxygen atoms in total. The van der Waals surface area contributed by atoms with Gasteiger partial charge in [-0.2, -0.15) is 5.06 Å². The van der Waals surface area contributed by atoms with E-state index in [0.29, 0.717) is 17.0 Å². The quantitative estimate of drug-likeness (QED) is 0.227. The first kappa shape index (κ1) is 20.9. The summed E-state index contributed by atoms with van der Waals surface area (Å²) in [4.78, 5) is 22.6. The third kappa shape index (κ3) is 5.15. The summed E-state index contributed by atoms with van der Waals surface area (Å²) in [5.74, 6) is 1.24. The van der Waals surface area contributed by atoms with Crippen LogP contribution in [0.4, 0.5) is 0 Å². The van der Waals surface area contributed by atoms with Crippen molar-refractivity contribution in [3.05, 3.63) is 66.1 Å². The zero-order valence-electron chi connectivity index (χ0n) is 16.5. The zero-order chi connectivity index (χ0) is 20.8. The Bertz CT molecular complexity index is 973. The normalized spacial score (nSPS) is 10.9. The standard InChI is InChI=1S/C20H21N3O5S/c1-22(2)27-28-29-23-13-18(14-8-10-16(25-3)11-9-14)21-20(23)19(24)15-6-5-7-17(12-15)26-4/h5-13H,1-4H3. The first-order valence-corrected chi connectivity index (χ1v) is 9.33. The molecule has 0 radical (unpaired) electrons. The largest absolute Gasteiger partial charge is 0.497 e. The fourth-order valence-electron chi connectivity index (χ4n) is 2.47. The minimum absolute atomic E-state index is 0.191. The second-order valence-corrected chi connectivity index (χ2v) is 6.77. The molecule has 3 rings (SSSR count). The number of carbonyl (C=O) groups is 1. The molecule has 0 aliphatic heterocycles. The smallest absolute Gasteiger partial charge is 0.229 e. The van der Waals surface area contributed by atoms with Crippen molar-refractivity contribution in [2.24, 2.45) is 0 Å². The minimum atomic E-state index is -0.274. The monoisotopic (exact) mass is 415 g/mol. The summed E-state index contributed by atoms with van der Waals surface area (Å²) in [5.41, 5.74) is 1.89. The molecule has 1 aromatic heterocycles. The number of rotatable bonds is 9. The molecule has 29 heavy (non-hydrogen) atoms. The van der Waals surface area contributed by atoms with Crippen LogP contribution in [0.5, 0.6) is 11.5 Å². The molecule has 0 spiro atoms. The van der Waals surface area contributed by atoms with E-state index in [9.17, 15) is 4.79 Å². The number of ketones is 1. The summed E-state index contributed by atoms with van der Waals surface area (Å²) in [7, 11) is 6.51. The van der Waals surface area contributed by atoms with Gasteiger partial charge in [-0.3, -0.25) is 4.79 Å². The maximum atomic E-state index is 13.1. The average molecular weight is 415 g/mol. The Labute approximate surface area is 173 Å². The number of hydrogen-bond acceptors (Lipinski definition) is 8. The van der Waals surface area contributed by atoms with E-state index in [0.717, 1.165) is 23.5 Å². The Balaban J connectivity index is 1.95. The molecule has 0 saturated heterocycles. The van der Waals surface area contributed by atoms with Crippen LogP contribution in [0.25, 0.3) is 11.3 Å². The number of nitrogens with zero attached hydrogens (tertiary/aromatic N) is 3. The van der Waals surface area contributed by atoms with E-state index in [2.05, 4.69) is 4.98 Å². The maximum absolute atomic E-state index is 13.1. The van der Waals surface area contributed by atoms with Crippen LogP contribution in [0, 0.1) is 0 Å². The molecule has 0 saturated carbocycles. The number of aromatic nitrogens is 2. The van der Waals surface area contributed by atoms with Gasteiger partial charge in [0.05, 0.1) is 19.9 Å². The van der Waals surface area contributed by atoms with Crippen LogP contribution in [0.2, 0.25) is 0 Å². The number of carbonyl (C=O) groups excluding carboxylic acids is 1. The number of ether oxygens (including phenoxy) is 2. The molecular weight excluding hydrogens is 394 g/mol. The Morgan fingerprint density at radius 3 is 2.41 bits per heavy atom. The summed E-state index contributed by atoms with van der Waals surface area (Å²) in [6.45, 7) is 0. The Kier molecular flexibility index (Phi) is 6.89. The number of benzene rings is 2. The molecule has 0 unspecified atom stereocenters. The number of imidazole rings is 1. The molecule has 3 aromatic rings. The molecule has 0 aliphatic rings. The molecule has 0 fully saturated rings. The second kappa shape index (κ2) is 9.57. The van der Waals surface area contributed by atoms with Gasteiger partial charge < -0.3 is 9.47 Å². The van der Waals surface area contributed by atoms with E-state index in [-0.39, 0.29) is 11.6 Å². The number of hydrogen-bond donors (Lipinski definition) is 0. The summed E-state index contributed by atoms with van der Waals surface area (Å²) < 4.78 is 17.0. The van der Waals surface area contributed by atoms with E-state index in [1.165, 1.54) is 9.04 Å². The lowest BCUT2D eigenvalue weighted by molar-refractivity contribution is -0.340. The second-order valence-electron chi connectivity index (χ2n) is 6.09. The van der Waals surface area contributed by atoms with Crippen LogP contribution in [-0.2, 0) is 9.32 Å². The predicted octanol–water partition coefficient (Wildman–Crippen LogP) is 3.63. The van der Waals surface area contributed by atoms with Crippen molar-refractivity contribution in [3.63, 3.8) is 0 Å². The number of methoxy groups -OCH3 is 2. The molecule has 2 aromatic carbocycles. The zero-order valence-corrected chi connectivity index (χ0v) is 17.3. The van der Waals surface area contributed by atoms with Gasteiger partial charge in [0, 0.05) is 31.4 Å².